The maximum absolute atomic E-state index is 12.6. The van der Waals surface area contributed by atoms with Crippen molar-refractivity contribution >= 4 is 23.2 Å². The number of aryl methyl sites for hydroxylation is 2. The van der Waals surface area contributed by atoms with E-state index in [0.29, 0.717) is 28.4 Å². The lowest BCUT2D eigenvalue weighted by Crippen LogP contribution is -2.16. The molecule has 4 rings (SSSR count). The Morgan fingerprint density at radius 1 is 0.793 bits per heavy atom. The second kappa shape index (κ2) is 7.63. The van der Waals surface area contributed by atoms with Gasteiger partial charge in [-0.25, -0.2) is 0 Å². The van der Waals surface area contributed by atoms with Crippen LogP contribution in [0.15, 0.2) is 54.9 Å². The van der Waals surface area contributed by atoms with Gasteiger partial charge in [-0.3, -0.25) is 14.6 Å². The monoisotopic (exact) mass is 389 g/mol. The standard InChI is InChI=1S/C22H19N3O4/c1-13-3-4-17(7-14(13)2)24-21(26)15-8-16(11-23-10-15)22(27)25-18-5-6-19-20(9-18)29-12-28-19/h3-11H,12H2,1-2H3,(H,24,26)(H,25,27). The van der Waals surface area contributed by atoms with Crippen LogP contribution in [-0.4, -0.2) is 23.6 Å². The molecule has 0 saturated heterocycles. The molecule has 1 aliphatic heterocycles. The molecule has 29 heavy (non-hydrogen) atoms. The van der Waals surface area contributed by atoms with Crippen LogP contribution in [0, 0.1) is 13.8 Å². The lowest BCUT2D eigenvalue weighted by Gasteiger charge is -2.09. The van der Waals surface area contributed by atoms with Crippen molar-refractivity contribution in [1.29, 1.82) is 0 Å². The van der Waals surface area contributed by atoms with Crippen LogP contribution in [0.25, 0.3) is 0 Å². The van der Waals surface area contributed by atoms with Crippen molar-refractivity contribution in [3.05, 3.63) is 77.1 Å². The van der Waals surface area contributed by atoms with Gasteiger partial charge in [-0.15, -0.1) is 0 Å². The summed E-state index contributed by atoms with van der Waals surface area (Å²) in [4.78, 5) is 29.2. The Morgan fingerprint density at radius 3 is 2.10 bits per heavy atom. The number of rotatable bonds is 4. The summed E-state index contributed by atoms with van der Waals surface area (Å²) in [7, 11) is 0. The van der Waals surface area contributed by atoms with E-state index in [4.69, 9.17) is 9.47 Å². The Morgan fingerprint density at radius 2 is 1.41 bits per heavy atom. The first kappa shape index (κ1) is 18.5. The molecule has 0 saturated carbocycles. The van der Waals surface area contributed by atoms with E-state index in [2.05, 4.69) is 15.6 Å². The summed E-state index contributed by atoms with van der Waals surface area (Å²) in [6, 6.07) is 12.3. The lowest BCUT2D eigenvalue weighted by atomic mass is 10.1. The van der Waals surface area contributed by atoms with Gasteiger partial charge in [-0.05, 0) is 55.3 Å². The fourth-order valence-electron chi connectivity index (χ4n) is 2.89. The first-order chi connectivity index (χ1) is 14.0. The van der Waals surface area contributed by atoms with E-state index < -0.39 is 0 Å². The average molecular weight is 389 g/mol. The van der Waals surface area contributed by atoms with Crippen molar-refractivity contribution in [2.24, 2.45) is 0 Å². The fraction of sp³-hybridized carbons (Fsp3) is 0.136. The molecule has 0 aliphatic carbocycles. The molecule has 2 N–H and O–H groups in total. The predicted molar refractivity (Wildman–Crippen MR) is 109 cm³/mol. The highest BCUT2D eigenvalue weighted by Gasteiger charge is 2.16. The second-order valence-corrected chi connectivity index (χ2v) is 6.74. The van der Waals surface area contributed by atoms with E-state index >= 15 is 0 Å². The molecule has 0 bridgehead atoms. The maximum atomic E-state index is 12.6. The lowest BCUT2D eigenvalue weighted by molar-refractivity contribution is 0.102. The van der Waals surface area contributed by atoms with Crippen LogP contribution in [0.3, 0.4) is 0 Å². The van der Waals surface area contributed by atoms with Gasteiger partial charge in [0.15, 0.2) is 11.5 Å². The van der Waals surface area contributed by atoms with Gasteiger partial charge in [0, 0.05) is 29.8 Å². The topological polar surface area (TPSA) is 89.6 Å². The van der Waals surface area contributed by atoms with Crippen molar-refractivity contribution in [3.8, 4) is 11.5 Å². The number of amides is 2. The average Bonchev–Trinajstić information content (AvgIpc) is 3.18. The maximum Gasteiger partial charge on any atom is 0.257 e. The number of hydrogen-bond acceptors (Lipinski definition) is 5. The molecular weight excluding hydrogens is 370 g/mol. The van der Waals surface area contributed by atoms with Crippen molar-refractivity contribution < 1.29 is 19.1 Å². The number of fused-ring (bicyclic) bond motifs is 1. The van der Waals surface area contributed by atoms with Gasteiger partial charge in [-0.2, -0.15) is 0 Å². The molecule has 0 unspecified atom stereocenters. The van der Waals surface area contributed by atoms with Crippen LogP contribution in [0.5, 0.6) is 11.5 Å². The molecule has 1 aromatic heterocycles. The van der Waals surface area contributed by atoms with E-state index in [1.807, 2.05) is 32.0 Å². The Bertz CT molecular complexity index is 1110. The summed E-state index contributed by atoms with van der Waals surface area (Å²) in [5.41, 5.74) is 4.04. The molecule has 1 aliphatic rings. The highest BCUT2D eigenvalue weighted by atomic mass is 16.7. The predicted octanol–water partition coefficient (Wildman–Crippen LogP) is 3.93. The SMILES string of the molecule is Cc1ccc(NC(=O)c2cncc(C(=O)Nc3ccc4c(c3)OCO4)c2)cc1C. The molecular formula is C22H19N3O4. The van der Waals surface area contributed by atoms with Crippen molar-refractivity contribution in [1.82, 2.24) is 4.98 Å². The van der Waals surface area contributed by atoms with E-state index in [1.165, 1.54) is 18.5 Å². The molecule has 0 atom stereocenters. The Labute approximate surface area is 167 Å². The van der Waals surface area contributed by atoms with Gasteiger partial charge >= 0.3 is 0 Å². The minimum atomic E-state index is -0.378. The number of carbonyl (C=O) groups is 2. The zero-order valence-corrected chi connectivity index (χ0v) is 16.0. The first-order valence-electron chi connectivity index (χ1n) is 9.04. The molecule has 0 radical (unpaired) electrons. The fourth-order valence-corrected chi connectivity index (χ4v) is 2.89. The Hall–Kier alpha value is -3.87. The van der Waals surface area contributed by atoms with Gasteiger partial charge in [-0.1, -0.05) is 6.07 Å². The van der Waals surface area contributed by atoms with E-state index in [-0.39, 0.29) is 24.2 Å². The number of ether oxygens (including phenoxy) is 2. The number of pyridine rings is 1. The van der Waals surface area contributed by atoms with Crippen molar-refractivity contribution in [2.45, 2.75) is 13.8 Å². The molecule has 3 aromatic rings. The van der Waals surface area contributed by atoms with Crippen LogP contribution in [-0.2, 0) is 0 Å². The van der Waals surface area contributed by atoms with Crippen molar-refractivity contribution in [3.63, 3.8) is 0 Å². The molecule has 7 nitrogen and oxygen atoms in total. The third-order valence-corrected chi connectivity index (χ3v) is 4.66. The summed E-state index contributed by atoms with van der Waals surface area (Å²) in [6.07, 6.45) is 2.84. The summed E-state index contributed by atoms with van der Waals surface area (Å²) in [6.45, 7) is 4.15. The Balaban J connectivity index is 1.48. The minimum Gasteiger partial charge on any atom is -0.454 e. The molecule has 0 spiro atoms. The molecule has 2 aromatic carbocycles. The smallest absolute Gasteiger partial charge is 0.257 e. The summed E-state index contributed by atoms with van der Waals surface area (Å²) < 4.78 is 10.6. The number of benzene rings is 2. The molecule has 2 heterocycles. The first-order valence-corrected chi connectivity index (χ1v) is 9.04. The summed E-state index contributed by atoms with van der Waals surface area (Å²) in [5.74, 6) is 0.493. The van der Waals surface area contributed by atoms with Crippen LogP contribution < -0.4 is 20.1 Å². The van der Waals surface area contributed by atoms with Crippen molar-refractivity contribution in [2.75, 3.05) is 17.4 Å². The van der Waals surface area contributed by atoms with E-state index in [1.54, 1.807) is 18.2 Å². The van der Waals surface area contributed by atoms with Gasteiger partial charge in [0.1, 0.15) is 0 Å². The molecule has 7 heteroatoms. The third kappa shape index (κ3) is 4.03. The number of anilines is 2. The van der Waals surface area contributed by atoms with Crippen LogP contribution >= 0.6 is 0 Å². The van der Waals surface area contributed by atoms with E-state index in [0.717, 1.165) is 11.1 Å². The quantitative estimate of drug-likeness (QED) is 0.706. The third-order valence-electron chi connectivity index (χ3n) is 4.66. The molecule has 2 amide bonds. The van der Waals surface area contributed by atoms with E-state index in [9.17, 15) is 9.59 Å². The van der Waals surface area contributed by atoms with Crippen LogP contribution in [0.4, 0.5) is 11.4 Å². The largest absolute Gasteiger partial charge is 0.454 e. The zero-order valence-electron chi connectivity index (χ0n) is 16.0. The summed E-state index contributed by atoms with van der Waals surface area (Å²) in [5, 5.41) is 5.60. The molecule has 0 fully saturated rings. The van der Waals surface area contributed by atoms with Gasteiger partial charge in [0.25, 0.3) is 11.8 Å². The molecule has 146 valence electrons. The number of nitrogens with one attached hydrogen (secondary N) is 2. The van der Waals surface area contributed by atoms with Crippen LogP contribution in [0.2, 0.25) is 0 Å². The minimum absolute atomic E-state index is 0.161. The Kier molecular flexibility index (Phi) is 4.87. The highest BCUT2D eigenvalue weighted by molar-refractivity contribution is 6.08. The zero-order chi connectivity index (χ0) is 20.4. The van der Waals surface area contributed by atoms with Crippen LogP contribution in [0.1, 0.15) is 31.8 Å². The number of aromatic nitrogens is 1. The normalized spacial score (nSPS) is 11.8. The van der Waals surface area contributed by atoms with Gasteiger partial charge in [0.05, 0.1) is 11.1 Å². The number of nitrogens with zero attached hydrogens (tertiary/aromatic N) is 1. The second-order valence-electron chi connectivity index (χ2n) is 6.74. The summed E-state index contributed by atoms with van der Waals surface area (Å²) >= 11 is 0. The van der Waals surface area contributed by atoms with Gasteiger partial charge < -0.3 is 20.1 Å². The van der Waals surface area contributed by atoms with Gasteiger partial charge in [0.2, 0.25) is 6.79 Å². The highest BCUT2D eigenvalue weighted by Crippen LogP contribution is 2.34. The number of hydrogen-bond donors (Lipinski definition) is 2. The number of carbonyl (C=O) groups excluding carboxylic acids is 2.